The predicted octanol–water partition coefficient (Wildman–Crippen LogP) is 5.71. The van der Waals surface area contributed by atoms with Crippen LogP contribution in [0.1, 0.15) is 43.6 Å². The lowest BCUT2D eigenvalue weighted by atomic mass is 10.1. The number of halogens is 1. The van der Waals surface area contributed by atoms with Gasteiger partial charge in [0.15, 0.2) is 23.0 Å². The molecular weight excluding hydrogens is 590 g/mol. The lowest BCUT2D eigenvalue weighted by molar-refractivity contribution is 0.0727. The summed E-state index contributed by atoms with van der Waals surface area (Å²) in [6, 6.07) is 20.7. The summed E-state index contributed by atoms with van der Waals surface area (Å²) in [4.78, 5) is 38.3. The van der Waals surface area contributed by atoms with E-state index in [0.29, 0.717) is 45.9 Å². The summed E-state index contributed by atoms with van der Waals surface area (Å²) in [6.45, 7) is 2.21. The zero-order valence-electron chi connectivity index (χ0n) is 23.6. The second kappa shape index (κ2) is 13.6. The molecule has 0 aromatic heterocycles. The molecule has 44 heavy (non-hydrogen) atoms. The molecule has 2 N–H and O–H groups in total. The van der Waals surface area contributed by atoms with Crippen molar-refractivity contribution in [3.05, 3.63) is 106 Å². The molecule has 0 fully saturated rings. The highest BCUT2D eigenvalue weighted by molar-refractivity contribution is 6.31. The van der Waals surface area contributed by atoms with Crippen LogP contribution < -0.4 is 34.4 Å². The second-order valence-corrected chi connectivity index (χ2v) is 9.61. The highest BCUT2D eigenvalue weighted by atomic mass is 35.5. The van der Waals surface area contributed by atoms with Crippen LogP contribution in [0.15, 0.2) is 84.0 Å². The number of ether oxygens (including phenoxy) is 5. The van der Waals surface area contributed by atoms with Gasteiger partial charge in [-0.25, -0.2) is 10.2 Å². The van der Waals surface area contributed by atoms with E-state index in [4.69, 9.17) is 35.3 Å². The Morgan fingerprint density at radius 2 is 1.70 bits per heavy atom. The Labute approximate surface area is 257 Å². The zero-order chi connectivity index (χ0) is 31.1. The number of hydrazone groups is 1. The van der Waals surface area contributed by atoms with Gasteiger partial charge in [0, 0.05) is 16.3 Å². The van der Waals surface area contributed by atoms with Crippen LogP contribution in [-0.2, 0) is 0 Å². The molecule has 12 heteroatoms. The Balaban J connectivity index is 1.22. The Kier molecular flexibility index (Phi) is 9.26. The third kappa shape index (κ3) is 7.08. The molecule has 5 rings (SSSR count). The van der Waals surface area contributed by atoms with Crippen molar-refractivity contribution in [3.8, 4) is 28.7 Å². The van der Waals surface area contributed by atoms with Crippen LogP contribution in [0.25, 0.3) is 0 Å². The van der Waals surface area contributed by atoms with Crippen LogP contribution in [0.4, 0.5) is 5.69 Å². The number of nitrogens with zero attached hydrogens (tertiary/aromatic N) is 1. The smallest absolute Gasteiger partial charge is 0.343 e. The van der Waals surface area contributed by atoms with Gasteiger partial charge in [0.2, 0.25) is 6.79 Å². The predicted molar refractivity (Wildman–Crippen MR) is 163 cm³/mol. The van der Waals surface area contributed by atoms with Crippen molar-refractivity contribution in [1.29, 1.82) is 0 Å². The molecule has 0 unspecified atom stereocenters. The van der Waals surface area contributed by atoms with Gasteiger partial charge in [0.1, 0.15) is 5.75 Å². The molecule has 0 saturated carbocycles. The largest absolute Gasteiger partial charge is 0.496 e. The minimum Gasteiger partial charge on any atom is -0.496 e. The molecule has 1 aliphatic heterocycles. The number of anilines is 1. The maximum absolute atomic E-state index is 12.8. The van der Waals surface area contributed by atoms with Crippen LogP contribution in [0.2, 0.25) is 5.02 Å². The van der Waals surface area contributed by atoms with E-state index in [9.17, 15) is 14.4 Å². The Bertz CT molecular complexity index is 1760. The summed E-state index contributed by atoms with van der Waals surface area (Å²) < 4.78 is 27.1. The number of carbonyl (C=O) groups is 3. The van der Waals surface area contributed by atoms with E-state index < -0.39 is 17.8 Å². The maximum Gasteiger partial charge on any atom is 0.343 e. The molecule has 0 spiro atoms. The number of esters is 1. The summed E-state index contributed by atoms with van der Waals surface area (Å²) in [5.41, 5.74) is 4.23. The van der Waals surface area contributed by atoms with Gasteiger partial charge in [-0.15, -0.1) is 0 Å². The van der Waals surface area contributed by atoms with Gasteiger partial charge in [0.05, 0.1) is 31.1 Å². The average molecular weight is 616 g/mol. The quantitative estimate of drug-likeness (QED) is 0.100. The molecule has 0 bridgehead atoms. The van der Waals surface area contributed by atoms with Crippen molar-refractivity contribution in [2.45, 2.75) is 6.92 Å². The van der Waals surface area contributed by atoms with Gasteiger partial charge in [-0.1, -0.05) is 17.7 Å². The molecule has 224 valence electrons. The van der Waals surface area contributed by atoms with Crippen molar-refractivity contribution in [2.75, 3.05) is 25.8 Å². The van der Waals surface area contributed by atoms with Crippen LogP contribution >= 0.6 is 11.6 Å². The molecule has 4 aromatic rings. The minimum absolute atomic E-state index is 0.0945. The molecule has 0 saturated heterocycles. The molecular formula is C32H26ClN3O8. The number of nitrogens with one attached hydrogen (secondary N) is 2. The highest BCUT2D eigenvalue weighted by Crippen LogP contribution is 2.34. The third-order valence-corrected chi connectivity index (χ3v) is 6.48. The molecule has 0 atom stereocenters. The van der Waals surface area contributed by atoms with Crippen LogP contribution in [0.3, 0.4) is 0 Å². The van der Waals surface area contributed by atoms with Gasteiger partial charge in [-0.05, 0) is 85.3 Å². The first-order chi connectivity index (χ1) is 21.3. The first kappa shape index (κ1) is 29.9. The number of methoxy groups -OCH3 is 1. The first-order valence-electron chi connectivity index (χ1n) is 13.3. The van der Waals surface area contributed by atoms with Gasteiger partial charge in [-0.3, -0.25) is 9.59 Å². The Hall–Kier alpha value is -5.55. The highest BCUT2D eigenvalue weighted by Gasteiger charge is 2.19. The number of benzene rings is 4. The van der Waals surface area contributed by atoms with Crippen molar-refractivity contribution >= 4 is 41.3 Å². The number of amides is 2. The van der Waals surface area contributed by atoms with Crippen LogP contribution in [0.5, 0.6) is 28.7 Å². The lowest BCUT2D eigenvalue weighted by Crippen LogP contribution is -2.18. The summed E-state index contributed by atoms with van der Waals surface area (Å²) in [6.07, 6.45) is 1.42. The van der Waals surface area contributed by atoms with E-state index in [1.807, 2.05) is 0 Å². The van der Waals surface area contributed by atoms with E-state index in [1.165, 1.54) is 25.5 Å². The number of carbonyl (C=O) groups excluding carboxylic acids is 3. The van der Waals surface area contributed by atoms with E-state index >= 15 is 0 Å². The Morgan fingerprint density at radius 1 is 0.886 bits per heavy atom. The van der Waals surface area contributed by atoms with E-state index in [1.54, 1.807) is 73.7 Å². The van der Waals surface area contributed by atoms with Gasteiger partial charge in [0.25, 0.3) is 11.8 Å². The van der Waals surface area contributed by atoms with Crippen LogP contribution in [-0.4, -0.2) is 44.5 Å². The normalized spacial score (nSPS) is 11.6. The number of hydrogen-bond acceptors (Lipinski definition) is 9. The standard InChI is InChI=1S/C32H26ClN3O8/c1-3-41-28-13-19(7-10-27(28)44-32(39)21-8-11-26-29(15-21)43-18-42-26)17-34-36-30(37)20-5-4-6-23(14-20)35-31(38)24-16-22(33)9-12-25(24)40-2/h4-17H,3,18H2,1-2H3,(H,35,38)(H,36,37). The zero-order valence-corrected chi connectivity index (χ0v) is 24.3. The second-order valence-electron chi connectivity index (χ2n) is 9.18. The van der Waals surface area contributed by atoms with Gasteiger partial charge >= 0.3 is 5.97 Å². The SMILES string of the molecule is CCOc1cc(C=NNC(=O)c2cccc(NC(=O)c3cc(Cl)ccc3OC)c2)ccc1OC(=O)c1ccc2c(c1)OCO2. The molecule has 1 heterocycles. The summed E-state index contributed by atoms with van der Waals surface area (Å²) in [5.74, 6) is 0.365. The molecule has 11 nitrogen and oxygen atoms in total. The average Bonchev–Trinajstić information content (AvgIpc) is 3.50. The van der Waals surface area contributed by atoms with Crippen LogP contribution in [0, 0.1) is 0 Å². The van der Waals surface area contributed by atoms with E-state index in [0.717, 1.165) is 0 Å². The topological polar surface area (TPSA) is 134 Å². The fraction of sp³-hybridized carbons (Fsp3) is 0.125. The first-order valence-corrected chi connectivity index (χ1v) is 13.7. The Morgan fingerprint density at radius 3 is 2.52 bits per heavy atom. The maximum atomic E-state index is 12.8. The fourth-order valence-corrected chi connectivity index (χ4v) is 4.34. The van der Waals surface area contributed by atoms with E-state index in [2.05, 4.69) is 15.8 Å². The number of fused-ring (bicyclic) bond motifs is 1. The minimum atomic E-state index is -0.594. The fourth-order valence-electron chi connectivity index (χ4n) is 4.16. The molecule has 2 amide bonds. The van der Waals surface area contributed by atoms with Gasteiger partial charge < -0.3 is 29.0 Å². The summed E-state index contributed by atoms with van der Waals surface area (Å²) >= 11 is 6.03. The summed E-state index contributed by atoms with van der Waals surface area (Å²) in [5, 5.41) is 7.15. The lowest BCUT2D eigenvalue weighted by Gasteiger charge is -2.11. The van der Waals surface area contributed by atoms with Crippen molar-refractivity contribution in [1.82, 2.24) is 5.43 Å². The molecule has 0 radical (unpaired) electrons. The van der Waals surface area contributed by atoms with Gasteiger partial charge in [-0.2, -0.15) is 5.10 Å². The molecule has 1 aliphatic rings. The third-order valence-electron chi connectivity index (χ3n) is 6.25. The van der Waals surface area contributed by atoms with Crippen molar-refractivity contribution in [3.63, 3.8) is 0 Å². The van der Waals surface area contributed by atoms with Crippen molar-refractivity contribution in [2.24, 2.45) is 5.10 Å². The number of hydrogen-bond donors (Lipinski definition) is 2. The van der Waals surface area contributed by atoms with Crippen molar-refractivity contribution < 1.29 is 38.1 Å². The number of rotatable bonds is 10. The monoisotopic (exact) mass is 615 g/mol. The molecule has 4 aromatic carbocycles. The van der Waals surface area contributed by atoms with E-state index in [-0.39, 0.29) is 29.2 Å². The summed E-state index contributed by atoms with van der Waals surface area (Å²) in [7, 11) is 1.45. The molecule has 0 aliphatic carbocycles.